The lowest BCUT2D eigenvalue weighted by Crippen LogP contribution is -2.14. The number of carbonyl (C=O) groups excluding carboxylic acids is 1. The second-order valence-electron chi connectivity index (χ2n) is 3.55. The van der Waals surface area contributed by atoms with Crippen molar-refractivity contribution in [1.29, 1.82) is 0 Å². The Morgan fingerprint density at radius 1 is 1.67 bits per heavy atom. The van der Waals surface area contributed by atoms with Crippen LogP contribution in [0.3, 0.4) is 0 Å². The molecule has 0 fully saturated rings. The summed E-state index contributed by atoms with van der Waals surface area (Å²) >= 11 is 0. The number of aromatic nitrogens is 3. The molecule has 84 valence electrons. The Balaban J connectivity index is 2.81. The summed E-state index contributed by atoms with van der Waals surface area (Å²) in [5, 5.41) is 16.3. The average molecular weight is 212 g/mol. The molecule has 15 heavy (non-hydrogen) atoms. The molecule has 0 saturated carbocycles. The van der Waals surface area contributed by atoms with Crippen LogP contribution >= 0.6 is 0 Å². The van der Waals surface area contributed by atoms with E-state index in [1.165, 1.54) is 0 Å². The molecule has 6 heteroatoms. The second-order valence-corrected chi connectivity index (χ2v) is 3.55. The highest BCUT2D eigenvalue weighted by molar-refractivity contribution is 5.91. The van der Waals surface area contributed by atoms with Crippen molar-refractivity contribution in [2.24, 2.45) is 5.73 Å². The normalized spacial score (nSPS) is 12.7. The van der Waals surface area contributed by atoms with Crippen LogP contribution in [0, 0.1) is 6.92 Å². The fourth-order valence-electron chi connectivity index (χ4n) is 1.50. The molecule has 0 spiro atoms. The van der Waals surface area contributed by atoms with Crippen molar-refractivity contribution in [3.8, 4) is 0 Å². The summed E-state index contributed by atoms with van der Waals surface area (Å²) < 4.78 is 1.66. The van der Waals surface area contributed by atoms with E-state index in [-0.39, 0.29) is 18.3 Å². The first-order chi connectivity index (χ1) is 7.07. The van der Waals surface area contributed by atoms with Gasteiger partial charge >= 0.3 is 0 Å². The quantitative estimate of drug-likeness (QED) is 0.719. The van der Waals surface area contributed by atoms with Crippen LogP contribution < -0.4 is 5.73 Å². The molecule has 0 aliphatic rings. The molecule has 1 aromatic rings. The van der Waals surface area contributed by atoms with E-state index in [4.69, 9.17) is 10.8 Å². The lowest BCUT2D eigenvalue weighted by molar-refractivity contribution is 0.0995. The maximum atomic E-state index is 10.9. The topological polar surface area (TPSA) is 94.0 Å². The van der Waals surface area contributed by atoms with Gasteiger partial charge in [0.15, 0.2) is 5.69 Å². The predicted octanol–water partition coefficient (Wildman–Crippen LogP) is 0.0189. The van der Waals surface area contributed by atoms with Gasteiger partial charge in [-0.25, -0.2) is 4.68 Å². The van der Waals surface area contributed by atoms with Gasteiger partial charge < -0.3 is 10.8 Å². The largest absolute Gasteiger partial charge is 0.396 e. The van der Waals surface area contributed by atoms with Crippen LogP contribution in [0.1, 0.15) is 42.0 Å². The summed E-state index contributed by atoms with van der Waals surface area (Å²) in [5.74, 6) is -0.562. The molecule has 1 atom stereocenters. The molecule has 0 radical (unpaired) electrons. The van der Waals surface area contributed by atoms with Crippen molar-refractivity contribution >= 4 is 5.91 Å². The Kier molecular flexibility index (Phi) is 3.79. The lowest BCUT2D eigenvalue weighted by atomic mass is 10.2. The van der Waals surface area contributed by atoms with Crippen molar-refractivity contribution in [2.75, 3.05) is 6.61 Å². The third-order valence-electron chi connectivity index (χ3n) is 2.36. The van der Waals surface area contributed by atoms with E-state index in [0.29, 0.717) is 12.1 Å². The van der Waals surface area contributed by atoms with Crippen molar-refractivity contribution in [2.45, 2.75) is 32.7 Å². The molecule has 0 aromatic carbocycles. The van der Waals surface area contributed by atoms with Gasteiger partial charge in [0.25, 0.3) is 5.91 Å². The van der Waals surface area contributed by atoms with Gasteiger partial charge in [-0.3, -0.25) is 4.79 Å². The number of aliphatic hydroxyl groups excluding tert-OH is 1. The minimum Gasteiger partial charge on any atom is -0.396 e. The summed E-state index contributed by atoms with van der Waals surface area (Å²) in [6.45, 7) is 3.87. The van der Waals surface area contributed by atoms with Gasteiger partial charge in [0.05, 0.1) is 11.7 Å². The monoisotopic (exact) mass is 212 g/mol. The van der Waals surface area contributed by atoms with Gasteiger partial charge in [-0.1, -0.05) is 5.21 Å². The van der Waals surface area contributed by atoms with Crippen molar-refractivity contribution in [3.63, 3.8) is 0 Å². The molecular formula is C9H16N4O2. The molecular weight excluding hydrogens is 196 g/mol. The molecule has 1 rings (SSSR count). The first-order valence-electron chi connectivity index (χ1n) is 4.90. The van der Waals surface area contributed by atoms with Gasteiger partial charge in [-0.15, -0.1) is 5.10 Å². The zero-order chi connectivity index (χ0) is 11.4. The molecule has 0 saturated heterocycles. The van der Waals surface area contributed by atoms with Gasteiger partial charge in [-0.2, -0.15) is 0 Å². The number of aliphatic hydroxyl groups is 1. The summed E-state index contributed by atoms with van der Waals surface area (Å²) in [7, 11) is 0. The van der Waals surface area contributed by atoms with E-state index < -0.39 is 5.91 Å². The first kappa shape index (κ1) is 11.6. The number of rotatable bonds is 5. The molecule has 0 bridgehead atoms. The van der Waals surface area contributed by atoms with E-state index in [2.05, 4.69) is 10.3 Å². The van der Waals surface area contributed by atoms with Gasteiger partial charge in [-0.05, 0) is 26.7 Å². The number of amides is 1. The maximum Gasteiger partial charge on any atom is 0.271 e. The molecule has 6 nitrogen and oxygen atoms in total. The number of hydrogen-bond acceptors (Lipinski definition) is 4. The van der Waals surface area contributed by atoms with Gasteiger partial charge in [0.1, 0.15) is 0 Å². The van der Waals surface area contributed by atoms with Gasteiger partial charge in [0.2, 0.25) is 0 Å². The van der Waals surface area contributed by atoms with Crippen LogP contribution in [-0.4, -0.2) is 32.6 Å². The molecule has 1 heterocycles. The number of carbonyl (C=O) groups is 1. The van der Waals surface area contributed by atoms with E-state index >= 15 is 0 Å². The Morgan fingerprint density at radius 2 is 2.33 bits per heavy atom. The zero-order valence-corrected chi connectivity index (χ0v) is 8.97. The molecule has 1 unspecified atom stereocenters. The van der Waals surface area contributed by atoms with E-state index in [9.17, 15) is 4.79 Å². The Labute approximate surface area is 88.1 Å². The van der Waals surface area contributed by atoms with Crippen LogP contribution in [0.4, 0.5) is 0 Å². The fraction of sp³-hybridized carbons (Fsp3) is 0.667. The third kappa shape index (κ3) is 2.53. The van der Waals surface area contributed by atoms with Crippen LogP contribution in [0.25, 0.3) is 0 Å². The van der Waals surface area contributed by atoms with E-state index in [1.54, 1.807) is 11.6 Å². The van der Waals surface area contributed by atoms with Gasteiger partial charge in [0, 0.05) is 6.61 Å². The lowest BCUT2D eigenvalue weighted by Gasteiger charge is -2.12. The minimum atomic E-state index is -0.562. The molecule has 3 N–H and O–H groups in total. The molecule has 0 aliphatic heterocycles. The fourth-order valence-corrected chi connectivity index (χ4v) is 1.50. The highest BCUT2D eigenvalue weighted by atomic mass is 16.2. The number of hydrogen-bond donors (Lipinski definition) is 2. The highest BCUT2D eigenvalue weighted by Gasteiger charge is 2.16. The van der Waals surface area contributed by atoms with Crippen molar-refractivity contribution in [3.05, 3.63) is 11.4 Å². The number of nitrogens with zero attached hydrogens (tertiary/aromatic N) is 3. The van der Waals surface area contributed by atoms with Crippen molar-refractivity contribution < 1.29 is 9.90 Å². The van der Waals surface area contributed by atoms with E-state index in [1.807, 2.05) is 6.92 Å². The maximum absolute atomic E-state index is 10.9. The van der Waals surface area contributed by atoms with Crippen LogP contribution in [0.2, 0.25) is 0 Å². The molecule has 1 amide bonds. The van der Waals surface area contributed by atoms with Crippen LogP contribution in [0.5, 0.6) is 0 Å². The average Bonchev–Trinajstić information content (AvgIpc) is 2.56. The number of nitrogens with two attached hydrogens (primary N) is 1. The summed E-state index contributed by atoms with van der Waals surface area (Å²) in [6, 6.07) is 0.109. The Hall–Kier alpha value is -1.43. The first-order valence-corrected chi connectivity index (χ1v) is 4.90. The molecule has 0 aliphatic carbocycles. The second kappa shape index (κ2) is 4.88. The standard InChI is InChI=1S/C9H16N4O2/c1-6(4-3-5-14)13-7(2)8(9(10)15)11-12-13/h6,14H,3-5H2,1-2H3,(H2,10,15). The third-order valence-corrected chi connectivity index (χ3v) is 2.36. The SMILES string of the molecule is Cc1c(C(N)=O)nnn1C(C)CCCO. The predicted molar refractivity (Wildman–Crippen MR) is 54.3 cm³/mol. The summed E-state index contributed by atoms with van der Waals surface area (Å²) in [6.07, 6.45) is 1.49. The minimum absolute atomic E-state index is 0.109. The molecule has 1 aromatic heterocycles. The van der Waals surface area contributed by atoms with Crippen LogP contribution in [0.15, 0.2) is 0 Å². The highest BCUT2D eigenvalue weighted by Crippen LogP contribution is 2.15. The Bertz CT molecular complexity index is 348. The smallest absolute Gasteiger partial charge is 0.271 e. The van der Waals surface area contributed by atoms with Crippen LogP contribution in [-0.2, 0) is 0 Å². The summed E-state index contributed by atoms with van der Waals surface area (Å²) in [4.78, 5) is 10.9. The Morgan fingerprint density at radius 3 is 2.80 bits per heavy atom. The zero-order valence-electron chi connectivity index (χ0n) is 8.97. The van der Waals surface area contributed by atoms with Crippen molar-refractivity contribution in [1.82, 2.24) is 15.0 Å². The van der Waals surface area contributed by atoms with E-state index in [0.717, 1.165) is 6.42 Å². The number of primary amides is 1. The summed E-state index contributed by atoms with van der Waals surface area (Å²) in [5.41, 5.74) is 6.02.